The normalized spacial score (nSPS) is 20.1. The van der Waals surface area contributed by atoms with E-state index in [0.29, 0.717) is 0 Å². The van der Waals surface area contributed by atoms with Crippen LogP contribution in [0.1, 0.15) is 11.7 Å². The SMILES string of the molecule is c1ccc2c(c1)oc1ccc(C3CNCCO3)cc12. The summed E-state index contributed by atoms with van der Waals surface area (Å²) in [6.07, 6.45) is 0.145. The Morgan fingerprint density at radius 3 is 2.79 bits per heavy atom. The highest BCUT2D eigenvalue weighted by atomic mass is 16.5. The highest BCUT2D eigenvalue weighted by Crippen LogP contribution is 2.31. The van der Waals surface area contributed by atoms with Gasteiger partial charge in [0, 0.05) is 23.9 Å². The molecule has 1 saturated heterocycles. The van der Waals surface area contributed by atoms with Gasteiger partial charge in [0.05, 0.1) is 12.7 Å². The summed E-state index contributed by atoms with van der Waals surface area (Å²) in [7, 11) is 0. The number of morpholine rings is 1. The van der Waals surface area contributed by atoms with E-state index in [9.17, 15) is 0 Å². The summed E-state index contributed by atoms with van der Waals surface area (Å²) in [5.74, 6) is 0. The van der Waals surface area contributed by atoms with E-state index in [2.05, 4.69) is 23.5 Å². The molecule has 19 heavy (non-hydrogen) atoms. The lowest BCUT2D eigenvalue weighted by atomic mass is 10.0. The van der Waals surface area contributed by atoms with Crippen molar-refractivity contribution < 1.29 is 9.15 Å². The fraction of sp³-hybridized carbons (Fsp3) is 0.250. The van der Waals surface area contributed by atoms with Crippen LogP contribution in [0, 0.1) is 0 Å². The third-order valence-corrected chi connectivity index (χ3v) is 3.70. The standard InChI is InChI=1S/C16H15NO2/c1-2-4-14-12(3-1)13-9-11(5-6-15(13)19-14)16-10-17-7-8-18-16/h1-6,9,16-17H,7-8,10H2. The van der Waals surface area contributed by atoms with Gasteiger partial charge in [-0.2, -0.15) is 0 Å². The second-order valence-electron chi connectivity index (χ2n) is 4.92. The quantitative estimate of drug-likeness (QED) is 0.723. The lowest BCUT2D eigenvalue weighted by Gasteiger charge is -2.23. The average Bonchev–Trinajstić information content (AvgIpc) is 2.86. The van der Waals surface area contributed by atoms with Gasteiger partial charge >= 0.3 is 0 Å². The van der Waals surface area contributed by atoms with Gasteiger partial charge in [-0.25, -0.2) is 0 Å². The first kappa shape index (κ1) is 11.0. The minimum Gasteiger partial charge on any atom is -0.456 e. The Labute approximate surface area is 111 Å². The molecule has 0 spiro atoms. The fourth-order valence-corrected chi connectivity index (χ4v) is 2.72. The maximum absolute atomic E-state index is 5.84. The van der Waals surface area contributed by atoms with Crippen LogP contribution in [0.25, 0.3) is 21.9 Å². The molecular weight excluding hydrogens is 238 g/mol. The van der Waals surface area contributed by atoms with E-state index in [4.69, 9.17) is 9.15 Å². The van der Waals surface area contributed by atoms with Crippen LogP contribution in [0.5, 0.6) is 0 Å². The molecule has 1 fully saturated rings. The number of fused-ring (bicyclic) bond motifs is 3. The number of rotatable bonds is 1. The zero-order chi connectivity index (χ0) is 12.7. The van der Waals surface area contributed by atoms with Crippen molar-refractivity contribution in [3.8, 4) is 0 Å². The van der Waals surface area contributed by atoms with Crippen molar-refractivity contribution in [1.82, 2.24) is 5.32 Å². The first-order chi connectivity index (χ1) is 9.42. The number of benzene rings is 2. The molecule has 0 bridgehead atoms. The molecule has 0 aliphatic carbocycles. The van der Waals surface area contributed by atoms with E-state index in [0.717, 1.165) is 30.9 Å². The van der Waals surface area contributed by atoms with Crippen LogP contribution in [-0.2, 0) is 4.74 Å². The summed E-state index contributed by atoms with van der Waals surface area (Å²) in [5.41, 5.74) is 3.09. The monoisotopic (exact) mass is 253 g/mol. The van der Waals surface area contributed by atoms with Crippen LogP contribution in [0.4, 0.5) is 0 Å². The van der Waals surface area contributed by atoms with Crippen molar-refractivity contribution >= 4 is 21.9 Å². The van der Waals surface area contributed by atoms with Gasteiger partial charge in [-0.3, -0.25) is 0 Å². The van der Waals surface area contributed by atoms with Crippen molar-refractivity contribution in [2.75, 3.05) is 19.7 Å². The predicted molar refractivity (Wildman–Crippen MR) is 75.3 cm³/mol. The highest BCUT2D eigenvalue weighted by Gasteiger charge is 2.17. The van der Waals surface area contributed by atoms with Crippen LogP contribution in [0.3, 0.4) is 0 Å². The molecule has 96 valence electrons. The molecule has 1 aliphatic rings. The third kappa shape index (κ3) is 1.82. The Morgan fingerprint density at radius 1 is 1.00 bits per heavy atom. The molecule has 1 unspecified atom stereocenters. The van der Waals surface area contributed by atoms with Crippen molar-refractivity contribution in [3.63, 3.8) is 0 Å². The molecule has 0 amide bonds. The van der Waals surface area contributed by atoms with Crippen molar-refractivity contribution in [2.24, 2.45) is 0 Å². The molecule has 4 rings (SSSR count). The van der Waals surface area contributed by atoms with Crippen LogP contribution >= 0.6 is 0 Å². The predicted octanol–water partition coefficient (Wildman–Crippen LogP) is 3.25. The molecule has 2 heterocycles. The molecule has 1 N–H and O–H groups in total. The number of furan rings is 1. The lowest BCUT2D eigenvalue weighted by Crippen LogP contribution is -2.33. The molecule has 0 saturated carbocycles. The second-order valence-corrected chi connectivity index (χ2v) is 4.92. The van der Waals surface area contributed by atoms with Gasteiger partial charge in [0.25, 0.3) is 0 Å². The van der Waals surface area contributed by atoms with Crippen LogP contribution in [0.15, 0.2) is 46.9 Å². The molecular formula is C16H15NO2. The fourth-order valence-electron chi connectivity index (χ4n) is 2.72. The van der Waals surface area contributed by atoms with E-state index >= 15 is 0 Å². The van der Waals surface area contributed by atoms with Crippen molar-refractivity contribution in [1.29, 1.82) is 0 Å². The molecule has 1 aromatic heterocycles. The largest absolute Gasteiger partial charge is 0.456 e. The van der Waals surface area contributed by atoms with Crippen LogP contribution in [-0.4, -0.2) is 19.7 Å². The van der Waals surface area contributed by atoms with Gasteiger partial charge in [-0.05, 0) is 23.8 Å². The van der Waals surface area contributed by atoms with Crippen molar-refractivity contribution in [3.05, 3.63) is 48.0 Å². The minimum absolute atomic E-state index is 0.145. The first-order valence-corrected chi connectivity index (χ1v) is 6.65. The number of hydrogen-bond donors (Lipinski definition) is 1. The summed E-state index contributed by atoms with van der Waals surface area (Å²) in [6.45, 7) is 2.59. The number of hydrogen-bond acceptors (Lipinski definition) is 3. The Kier molecular flexibility index (Phi) is 2.53. The zero-order valence-corrected chi connectivity index (χ0v) is 10.6. The molecule has 2 aromatic carbocycles. The smallest absolute Gasteiger partial charge is 0.135 e. The molecule has 3 aromatic rings. The Hall–Kier alpha value is -1.84. The van der Waals surface area contributed by atoms with Crippen LogP contribution < -0.4 is 5.32 Å². The van der Waals surface area contributed by atoms with E-state index in [1.165, 1.54) is 16.3 Å². The summed E-state index contributed by atoms with van der Waals surface area (Å²) in [6, 6.07) is 14.5. The maximum atomic E-state index is 5.84. The molecule has 3 heteroatoms. The summed E-state index contributed by atoms with van der Waals surface area (Å²) >= 11 is 0. The van der Waals surface area contributed by atoms with Gasteiger partial charge in [0.15, 0.2) is 0 Å². The lowest BCUT2D eigenvalue weighted by molar-refractivity contribution is 0.0278. The molecule has 1 atom stereocenters. The van der Waals surface area contributed by atoms with Gasteiger partial charge in [-0.15, -0.1) is 0 Å². The number of nitrogens with one attached hydrogen (secondary N) is 1. The summed E-state index contributed by atoms with van der Waals surface area (Å²) in [5, 5.41) is 5.70. The maximum Gasteiger partial charge on any atom is 0.135 e. The summed E-state index contributed by atoms with van der Waals surface area (Å²) in [4.78, 5) is 0. The molecule has 3 nitrogen and oxygen atoms in total. The third-order valence-electron chi connectivity index (χ3n) is 3.70. The van der Waals surface area contributed by atoms with E-state index in [1.54, 1.807) is 0 Å². The number of para-hydroxylation sites is 1. The second kappa shape index (κ2) is 4.37. The Balaban J connectivity index is 1.87. The molecule has 1 aliphatic heterocycles. The highest BCUT2D eigenvalue weighted by molar-refractivity contribution is 6.04. The van der Waals surface area contributed by atoms with Gasteiger partial charge in [0.2, 0.25) is 0 Å². The van der Waals surface area contributed by atoms with Gasteiger partial charge in [0.1, 0.15) is 11.2 Å². The van der Waals surface area contributed by atoms with Gasteiger partial charge < -0.3 is 14.5 Å². The Morgan fingerprint density at radius 2 is 1.89 bits per heavy atom. The average molecular weight is 253 g/mol. The first-order valence-electron chi connectivity index (χ1n) is 6.65. The zero-order valence-electron chi connectivity index (χ0n) is 10.6. The minimum atomic E-state index is 0.145. The van der Waals surface area contributed by atoms with E-state index < -0.39 is 0 Å². The van der Waals surface area contributed by atoms with Crippen LogP contribution in [0.2, 0.25) is 0 Å². The number of ether oxygens (including phenoxy) is 1. The van der Waals surface area contributed by atoms with E-state index in [-0.39, 0.29) is 6.10 Å². The molecule has 0 radical (unpaired) electrons. The summed E-state index contributed by atoms with van der Waals surface area (Å²) < 4.78 is 11.6. The van der Waals surface area contributed by atoms with Crippen molar-refractivity contribution in [2.45, 2.75) is 6.10 Å². The topological polar surface area (TPSA) is 34.4 Å². The van der Waals surface area contributed by atoms with Gasteiger partial charge in [-0.1, -0.05) is 24.3 Å². The Bertz CT molecular complexity index is 726. The van der Waals surface area contributed by atoms with E-state index in [1.807, 2.05) is 24.3 Å².